The molecule has 2 aliphatic carbocycles. The van der Waals surface area contributed by atoms with Gasteiger partial charge in [0.05, 0.1) is 12.2 Å². The molecule has 0 saturated heterocycles. The summed E-state index contributed by atoms with van der Waals surface area (Å²) in [5.41, 5.74) is 5.61. The van der Waals surface area contributed by atoms with Gasteiger partial charge in [-0.2, -0.15) is 0 Å². The number of hydrogen-bond acceptors (Lipinski definition) is 3. The van der Waals surface area contributed by atoms with Gasteiger partial charge in [-0.25, -0.2) is 0 Å². The highest BCUT2D eigenvalue weighted by Gasteiger charge is 2.52. The average molecular weight is 472 g/mol. The van der Waals surface area contributed by atoms with E-state index in [4.69, 9.17) is 16.0 Å². The van der Waals surface area contributed by atoms with Crippen LogP contribution in [0.2, 0.25) is 5.02 Å². The molecular formula is C29H26ClNO3. The number of aliphatic carboxylic acids is 1. The average Bonchev–Trinajstić information content (AvgIpc) is 3.42. The van der Waals surface area contributed by atoms with Gasteiger partial charge < -0.3 is 14.8 Å². The Hall–Kier alpha value is -3.24. The number of rotatable bonds is 4. The van der Waals surface area contributed by atoms with Crippen LogP contribution in [-0.4, -0.2) is 17.1 Å². The van der Waals surface area contributed by atoms with Gasteiger partial charge in [-0.1, -0.05) is 54.1 Å². The second kappa shape index (κ2) is 8.21. The Morgan fingerprint density at radius 2 is 1.94 bits per heavy atom. The van der Waals surface area contributed by atoms with Crippen molar-refractivity contribution in [2.75, 3.05) is 5.32 Å². The van der Waals surface area contributed by atoms with Gasteiger partial charge in [0.25, 0.3) is 0 Å². The van der Waals surface area contributed by atoms with Crippen LogP contribution in [-0.2, 0) is 16.6 Å². The molecule has 1 saturated carbocycles. The molecular weight excluding hydrogens is 446 g/mol. The first-order chi connectivity index (χ1) is 16.5. The minimum Gasteiger partial charge on any atom is -0.481 e. The SMILES string of the molecule is O=C(O)[C@H]1CC[C@]2(CC1Nc1cccc(Cl)c1)c1ccccc1CC2c1ccc2ccoc2c1. The molecule has 4 atom stereocenters. The van der Waals surface area contributed by atoms with Crippen molar-refractivity contribution in [1.82, 2.24) is 0 Å². The second-order valence-corrected chi connectivity index (χ2v) is 10.2. The van der Waals surface area contributed by atoms with Gasteiger partial charge in [0.1, 0.15) is 5.58 Å². The number of carboxylic acid groups (broad SMARTS) is 1. The summed E-state index contributed by atoms with van der Waals surface area (Å²) in [5.74, 6) is -0.933. The monoisotopic (exact) mass is 471 g/mol. The number of hydrogen-bond donors (Lipinski definition) is 2. The maximum atomic E-state index is 12.3. The quantitative estimate of drug-likeness (QED) is 0.335. The third-order valence-corrected chi connectivity index (χ3v) is 8.23. The number of anilines is 1. The van der Waals surface area contributed by atoms with Crippen molar-refractivity contribution >= 4 is 34.2 Å². The predicted molar refractivity (Wildman–Crippen MR) is 135 cm³/mol. The van der Waals surface area contributed by atoms with Gasteiger partial charge in [-0.05, 0) is 78.6 Å². The first kappa shape index (κ1) is 21.3. The fraction of sp³-hybridized carbons (Fsp3) is 0.276. The van der Waals surface area contributed by atoms with E-state index in [9.17, 15) is 9.90 Å². The summed E-state index contributed by atoms with van der Waals surface area (Å²) in [4.78, 5) is 12.3. The molecule has 1 aromatic heterocycles. The Kier molecular flexibility index (Phi) is 5.14. The lowest BCUT2D eigenvalue weighted by molar-refractivity contribution is -0.143. The number of carboxylic acids is 1. The zero-order valence-electron chi connectivity index (χ0n) is 18.7. The first-order valence-electron chi connectivity index (χ1n) is 11.8. The molecule has 6 rings (SSSR count). The molecule has 1 heterocycles. The standard InChI is InChI=1S/C29H26ClNO3/c30-21-5-3-6-22(16-21)31-26-17-29(12-10-23(26)28(32)33)24-7-2-1-4-19(24)14-25(29)20-9-8-18-11-13-34-27(18)15-20/h1-9,11,13,15-16,23,25-26,31H,10,12,14,17H2,(H,32,33)/t23-,25?,26?,29-/m0/s1. The highest BCUT2D eigenvalue weighted by atomic mass is 35.5. The molecule has 0 aliphatic heterocycles. The smallest absolute Gasteiger partial charge is 0.308 e. The van der Waals surface area contributed by atoms with Crippen LogP contribution in [0.5, 0.6) is 0 Å². The third-order valence-electron chi connectivity index (χ3n) is 7.99. The maximum absolute atomic E-state index is 12.3. The Morgan fingerprint density at radius 3 is 2.79 bits per heavy atom. The summed E-state index contributed by atoms with van der Waals surface area (Å²) in [7, 11) is 0. The summed E-state index contributed by atoms with van der Waals surface area (Å²) in [6.45, 7) is 0. The van der Waals surface area contributed by atoms with Gasteiger partial charge in [0, 0.05) is 27.6 Å². The molecule has 3 aromatic carbocycles. The van der Waals surface area contributed by atoms with E-state index in [0.29, 0.717) is 11.4 Å². The van der Waals surface area contributed by atoms with Crippen LogP contribution in [0.15, 0.2) is 83.5 Å². The van der Waals surface area contributed by atoms with E-state index in [2.05, 4.69) is 47.8 Å². The van der Waals surface area contributed by atoms with Crippen LogP contribution in [0.1, 0.15) is 41.9 Å². The summed E-state index contributed by atoms with van der Waals surface area (Å²) < 4.78 is 5.73. The van der Waals surface area contributed by atoms with Crippen molar-refractivity contribution in [3.63, 3.8) is 0 Å². The number of benzene rings is 3. The van der Waals surface area contributed by atoms with Crippen LogP contribution in [0.25, 0.3) is 11.0 Å². The first-order valence-corrected chi connectivity index (χ1v) is 12.2. The molecule has 2 aliphatic rings. The van der Waals surface area contributed by atoms with E-state index in [1.165, 1.54) is 16.7 Å². The van der Waals surface area contributed by atoms with Crippen LogP contribution in [0, 0.1) is 5.92 Å². The van der Waals surface area contributed by atoms with E-state index < -0.39 is 11.9 Å². The maximum Gasteiger partial charge on any atom is 0.308 e. The molecule has 34 heavy (non-hydrogen) atoms. The predicted octanol–water partition coefficient (Wildman–Crippen LogP) is 7.03. The van der Waals surface area contributed by atoms with Crippen molar-refractivity contribution in [2.24, 2.45) is 5.92 Å². The third kappa shape index (κ3) is 3.48. The van der Waals surface area contributed by atoms with Crippen LogP contribution >= 0.6 is 11.6 Å². The van der Waals surface area contributed by atoms with Crippen molar-refractivity contribution in [1.29, 1.82) is 0 Å². The lowest BCUT2D eigenvalue weighted by Gasteiger charge is -2.46. The normalized spacial score (nSPS) is 26.0. The summed E-state index contributed by atoms with van der Waals surface area (Å²) in [6.07, 6.45) is 4.89. The summed E-state index contributed by atoms with van der Waals surface area (Å²) >= 11 is 6.23. The minimum atomic E-state index is -0.741. The van der Waals surface area contributed by atoms with Crippen molar-refractivity contribution in [2.45, 2.75) is 43.1 Å². The number of furan rings is 1. The Balaban J connectivity index is 1.43. The molecule has 1 spiro atoms. The van der Waals surface area contributed by atoms with Gasteiger partial charge in [-0.15, -0.1) is 0 Å². The van der Waals surface area contributed by atoms with Crippen molar-refractivity contribution in [3.8, 4) is 0 Å². The zero-order chi connectivity index (χ0) is 23.3. The molecule has 1 fully saturated rings. The highest BCUT2D eigenvalue weighted by Crippen LogP contribution is 2.57. The molecule has 2 N–H and O–H groups in total. The van der Waals surface area contributed by atoms with Crippen LogP contribution < -0.4 is 5.32 Å². The number of fused-ring (bicyclic) bond motifs is 3. The second-order valence-electron chi connectivity index (χ2n) is 9.74. The van der Waals surface area contributed by atoms with Crippen LogP contribution in [0.3, 0.4) is 0 Å². The molecule has 4 aromatic rings. The molecule has 0 amide bonds. The number of nitrogens with one attached hydrogen (secondary N) is 1. The fourth-order valence-electron chi connectivity index (χ4n) is 6.46. The van der Waals surface area contributed by atoms with E-state index in [1.807, 2.05) is 30.3 Å². The molecule has 4 nitrogen and oxygen atoms in total. The lowest BCUT2D eigenvalue weighted by Crippen LogP contribution is -2.47. The van der Waals surface area contributed by atoms with Gasteiger partial charge in [0.2, 0.25) is 0 Å². The molecule has 0 bridgehead atoms. The molecule has 172 valence electrons. The fourth-order valence-corrected chi connectivity index (χ4v) is 6.65. The highest BCUT2D eigenvalue weighted by molar-refractivity contribution is 6.30. The van der Waals surface area contributed by atoms with Gasteiger partial charge >= 0.3 is 5.97 Å². The summed E-state index contributed by atoms with van der Waals surface area (Å²) in [5, 5.41) is 15.4. The molecule has 0 radical (unpaired) electrons. The van der Waals surface area contributed by atoms with Gasteiger partial charge in [0.15, 0.2) is 0 Å². The topological polar surface area (TPSA) is 62.5 Å². The largest absolute Gasteiger partial charge is 0.481 e. The van der Waals surface area contributed by atoms with E-state index in [0.717, 1.165) is 35.9 Å². The van der Waals surface area contributed by atoms with E-state index >= 15 is 0 Å². The lowest BCUT2D eigenvalue weighted by atomic mass is 9.60. The zero-order valence-corrected chi connectivity index (χ0v) is 19.5. The Morgan fingerprint density at radius 1 is 1.06 bits per heavy atom. The van der Waals surface area contributed by atoms with Crippen LogP contribution in [0.4, 0.5) is 5.69 Å². The minimum absolute atomic E-state index is 0.140. The number of carbonyl (C=O) groups is 1. The molecule has 2 unspecified atom stereocenters. The van der Waals surface area contributed by atoms with E-state index in [-0.39, 0.29) is 17.4 Å². The Bertz CT molecular complexity index is 1380. The van der Waals surface area contributed by atoms with E-state index in [1.54, 1.807) is 6.26 Å². The molecule has 5 heteroatoms. The Labute approximate surface area is 203 Å². The number of halogens is 1. The van der Waals surface area contributed by atoms with Crippen molar-refractivity contribution in [3.05, 3.63) is 101 Å². The van der Waals surface area contributed by atoms with Gasteiger partial charge in [-0.3, -0.25) is 4.79 Å². The van der Waals surface area contributed by atoms with Crippen molar-refractivity contribution < 1.29 is 14.3 Å². The summed E-state index contributed by atoms with van der Waals surface area (Å²) in [6, 6.07) is 24.6.